The zero-order valence-electron chi connectivity index (χ0n) is 8.07. The quantitative estimate of drug-likeness (QED) is 0.686. The molecule has 0 aromatic heterocycles. The molecule has 0 fully saturated rings. The van der Waals surface area contributed by atoms with Gasteiger partial charge in [0.1, 0.15) is 0 Å². The van der Waals surface area contributed by atoms with E-state index in [1.165, 1.54) is 0 Å². The first-order chi connectivity index (χ1) is 7.20. The first-order valence-electron chi connectivity index (χ1n) is 4.58. The van der Waals surface area contributed by atoms with Crippen molar-refractivity contribution in [1.82, 2.24) is 0 Å². The maximum Gasteiger partial charge on any atom is 0.0715 e. The molecule has 0 N–H and O–H groups in total. The fourth-order valence-electron chi connectivity index (χ4n) is 1.60. The summed E-state index contributed by atoms with van der Waals surface area (Å²) in [5.74, 6) is -1.23. The molecule has 2 aromatic carbocycles. The van der Waals surface area contributed by atoms with Crippen LogP contribution in [0.15, 0.2) is 49.0 Å². The normalized spacial score (nSPS) is 10.1. The molecule has 2 aromatic rings. The third-order valence-electron chi connectivity index (χ3n) is 2.36. The summed E-state index contributed by atoms with van der Waals surface area (Å²) in [7, 11) is 0. The lowest BCUT2D eigenvalue weighted by Crippen LogP contribution is -2.23. The molecule has 2 heteroatoms. The van der Waals surface area contributed by atoms with Crippen molar-refractivity contribution in [3.63, 3.8) is 0 Å². The topological polar surface area (TPSA) is 40.1 Å². The number of fused-ring (bicyclic) bond motifs is 1. The Morgan fingerprint density at radius 3 is 2.47 bits per heavy atom. The highest BCUT2D eigenvalue weighted by Crippen LogP contribution is 2.23. The molecular weight excluding hydrogens is 188 g/mol. The predicted octanol–water partition coefficient (Wildman–Crippen LogP) is 1.60. The number of rotatable bonds is 2. The van der Waals surface area contributed by atoms with Crippen molar-refractivity contribution in [1.29, 1.82) is 0 Å². The zero-order valence-corrected chi connectivity index (χ0v) is 8.07. The van der Waals surface area contributed by atoms with Gasteiger partial charge in [-0.05, 0) is 21.9 Å². The van der Waals surface area contributed by atoms with Gasteiger partial charge in [0.15, 0.2) is 0 Å². The Balaban J connectivity index is 2.71. The molecule has 0 aliphatic carbocycles. The lowest BCUT2D eigenvalue weighted by molar-refractivity contribution is -0.295. The van der Waals surface area contributed by atoms with Crippen LogP contribution in [0.2, 0.25) is 0 Å². The summed E-state index contributed by atoms with van der Waals surface area (Å²) in [6.45, 7) is 3.51. The van der Waals surface area contributed by atoms with Crippen LogP contribution in [0.4, 0.5) is 0 Å². The predicted molar refractivity (Wildman–Crippen MR) is 58.0 cm³/mol. The minimum atomic E-state index is -1.23. The average molecular weight is 197 g/mol. The number of benzene rings is 2. The van der Waals surface area contributed by atoms with Crippen molar-refractivity contribution < 1.29 is 9.90 Å². The molecule has 0 aliphatic heterocycles. The van der Waals surface area contributed by atoms with Crippen LogP contribution in [-0.2, 0) is 4.79 Å². The standard InChI is InChI=1S/C13H10O2/c1-9(13(14)15)11-8-4-6-10-5-2-3-7-12(10)11/h2-8H,1H2,(H,14,15)/p-1. The van der Waals surface area contributed by atoms with Gasteiger partial charge in [0.25, 0.3) is 0 Å². The molecule has 0 spiro atoms. The Morgan fingerprint density at radius 2 is 1.73 bits per heavy atom. The van der Waals surface area contributed by atoms with Crippen molar-refractivity contribution in [2.75, 3.05) is 0 Å². The Kier molecular flexibility index (Phi) is 2.26. The van der Waals surface area contributed by atoms with Gasteiger partial charge in [-0.15, -0.1) is 0 Å². The van der Waals surface area contributed by atoms with Gasteiger partial charge >= 0.3 is 0 Å². The zero-order chi connectivity index (χ0) is 10.8. The molecule has 2 nitrogen and oxygen atoms in total. The molecular formula is C13H9O2-. The van der Waals surface area contributed by atoms with Crippen LogP contribution in [0, 0.1) is 0 Å². The van der Waals surface area contributed by atoms with E-state index in [9.17, 15) is 9.90 Å². The Labute approximate surface area is 87.5 Å². The van der Waals surface area contributed by atoms with Crippen LogP contribution in [0.5, 0.6) is 0 Å². The molecule has 0 radical (unpaired) electrons. The highest BCUT2D eigenvalue weighted by molar-refractivity contribution is 6.17. The smallest absolute Gasteiger partial charge is 0.0715 e. The van der Waals surface area contributed by atoms with E-state index >= 15 is 0 Å². The average Bonchev–Trinajstić information content (AvgIpc) is 2.27. The van der Waals surface area contributed by atoms with Gasteiger partial charge in [0, 0.05) is 0 Å². The molecule has 15 heavy (non-hydrogen) atoms. The maximum absolute atomic E-state index is 10.7. The van der Waals surface area contributed by atoms with E-state index in [2.05, 4.69) is 6.58 Å². The fourth-order valence-corrected chi connectivity index (χ4v) is 1.60. The van der Waals surface area contributed by atoms with E-state index in [-0.39, 0.29) is 5.57 Å². The second-order valence-electron chi connectivity index (χ2n) is 3.29. The van der Waals surface area contributed by atoms with Crippen molar-refractivity contribution in [2.45, 2.75) is 0 Å². The third kappa shape index (κ3) is 1.62. The lowest BCUT2D eigenvalue weighted by Gasteiger charge is -2.09. The van der Waals surface area contributed by atoms with Crippen LogP contribution in [-0.4, -0.2) is 5.97 Å². The molecule has 0 atom stereocenters. The van der Waals surface area contributed by atoms with Crippen LogP contribution >= 0.6 is 0 Å². The number of hydrogen-bond acceptors (Lipinski definition) is 2. The number of carbonyl (C=O) groups excluding carboxylic acids is 1. The van der Waals surface area contributed by atoms with E-state index in [1.54, 1.807) is 6.07 Å². The van der Waals surface area contributed by atoms with Gasteiger partial charge in [-0.2, -0.15) is 0 Å². The van der Waals surface area contributed by atoms with Gasteiger partial charge in [-0.3, -0.25) is 0 Å². The van der Waals surface area contributed by atoms with Gasteiger partial charge in [-0.25, -0.2) is 0 Å². The molecule has 0 unspecified atom stereocenters. The van der Waals surface area contributed by atoms with Gasteiger partial charge < -0.3 is 9.90 Å². The van der Waals surface area contributed by atoms with E-state index in [4.69, 9.17) is 0 Å². The fraction of sp³-hybridized carbons (Fsp3) is 0. The number of hydrogen-bond donors (Lipinski definition) is 0. The van der Waals surface area contributed by atoms with E-state index in [1.807, 2.05) is 36.4 Å². The third-order valence-corrected chi connectivity index (χ3v) is 2.36. The highest BCUT2D eigenvalue weighted by atomic mass is 16.4. The molecule has 0 saturated carbocycles. The van der Waals surface area contributed by atoms with Crippen LogP contribution < -0.4 is 5.11 Å². The van der Waals surface area contributed by atoms with Crippen molar-refractivity contribution in [3.8, 4) is 0 Å². The largest absolute Gasteiger partial charge is 0.545 e. The van der Waals surface area contributed by atoms with E-state index in [0.717, 1.165) is 10.8 Å². The number of aliphatic carboxylic acids is 1. The Bertz CT molecular complexity index is 536. The monoisotopic (exact) mass is 197 g/mol. The Morgan fingerprint density at radius 1 is 1.07 bits per heavy atom. The van der Waals surface area contributed by atoms with Gasteiger partial charge in [-0.1, -0.05) is 49.0 Å². The molecule has 2 rings (SSSR count). The summed E-state index contributed by atoms with van der Waals surface area (Å²) in [6, 6.07) is 13.1. The van der Waals surface area contributed by atoms with Gasteiger partial charge in [0.05, 0.1) is 5.97 Å². The number of carboxylic acid groups (broad SMARTS) is 1. The van der Waals surface area contributed by atoms with Crippen molar-refractivity contribution in [3.05, 3.63) is 54.6 Å². The SMILES string of the molecule is C=C(C(=O)[O-])c1cccc2ccccc12. The van der Waals surface area contributed by atoms with Crippen LogP contribution in [0.1, 0.15) is 5.56 Å². The second-order valence-corrected chi connectivity index (χ2v) is 3.29. The van der Waals surface area contributed by atoms with Gasteiger partial charge in [0.2, 0.25) is 0 Å². The molecule has 0 heterocycles. The highest BCUT2D eigenvalue weighted by Gasteiger charge is 2.03. The molecule has 0 saturated heterocycles. The summed E-state index contributed by atoms with van der Waals surface area (Å²) in [5, 5.41) is 12.6. The summed E-state index contributed by atoms with van der Waals surface area (Å²) < 4.78 is 0. The minimum absolute atomic E-state index is 0.0202. The molecule has 74 valence electrons. The lowest BCUT2D eigenvalue weighted by atomic mass is 9.99. The summed E-state index contributed by atoms with van der Waals surface area (Å²) in [4.78, 5) is 10.7. The second kappa shape index (κ2) is 3.58. The van der Waals surface area contributed by atoms with Crippen molar-refractivity contribution in [2.24, 2.45) is 0 Å². The summed E-state index contributed by atoms with van der Waals surface area (Å²) in [5.41, 5.74) is 0.639. The van der Waals surface area contributed by atoms with E-state index in [0.29, 0.717) is 5.56 Å². The molecule has 0 aliphatic rings. The van der Waals surface area contributed by atoms with Crippen molar-refractivity contribution >= 4 is 22.3 Å². The first kappa shape index (κ1) is 9.46. The van der Waals surface area contributed by atoms with Crippen LogP contribution in [0.25, 0.3) is 16.3 Å². The maximum atomic E-state index is 10.7. The van der Waals surface area contributed by atoms with E-state index < -0.39 is 5.97 Å². The number of carboxylic acids is 1. The molecule has 0 bridgehead atoms. The van der Waals surface area contributed by atoms with Crippen LogP contribution in [0.3, 0.4) is 0 Å². The summed E-state index contributed by atoms with van der Waals surface area (Å²) >= 11 is 0. The molecule has 0 amide bonds. The minimum Gasteiger partial charge on any atom is -0.545 e. The Hall–Kier alpha value is -2.09. The summed E-state index contributed by atoms with van der Waals surface area (Å²) in [6.07, 6.45) is 0. The first-order valence-corrected chi connectivity index (χ1v) is 4.58. The number of carbonyl (C=O) groups is 1.